The van der Waals surface area contributed by atoms with Crippen molar-refractivity contribution >= 4 is 0 Å². The number of aliphatic hydroxyl groups excluding tert-OH is 1. The van der Waals surface area contributed by atoms with Crippen molar-refractivity contribution in [1.29, 1.82) is 0 Å². The van der Waals surface area contributed by atoms with Gasteiger partial charge in [-0.05, 0) is 31.5 Å². The van der Waals surface area contributed by atoms with Gasteiger partial charge < -0.3 is 28.8 Å². The fraction of sp³-hybridized carbons (Fsp3) is 0.579. The molecule has 5 atom stereocenters. The van der Waals surface area contributed by atoms with Crippen LogP contribution in [0.5, 0.6) is 5.75 Å². The third kappa shape index (κ3) is 3.97. The molecule has 2 aliphatic heterocycles. The number of fused-ring (bicyclic) bond motifs is 1. The maximum atomic E-state index is 10.6. The van der Waals surface area contributed by atoms with Crippen molar-refractivity contribution in [2.75, 3.05) is 7.11 Å². The summed E-state index contributed by atoms with van der Waals surface area (Å²) in [7, 11) is 1.62. The van der Waals surface area contributed by atoms with Crippen LogP contribution >= 0.6 is 0 Å². The van der Waals surface area contributed by atoms with Gasteiger partial charge in [-0.2, -0.15) is 0 Å². The van der Waals surface area contributed by atoms with Crippen LogP contribution in [0, 0.1) is 12.3 Å². The number of rotatable bonds is 6. The first-order valence-electron chi connectivity index (χ1n) is 8.30. The molecule has 1 aromatic carbocycles. The highest BCUT2D eigenvalue weighted by Gasteiger charge is 2.56. The number of ether oxygens (including phenoxy) is 5. The molecule has 25 heavy (non-hydrogen) atoms. The van der Waals surface area contributed by atoms with Gasteiger partial charge in [0.1, 0.15) is 24.1 Å². The molecule has 2 heterocycles. The first kappa shape index (κ1) is 18.2. The molecule has 3 rings (SSSR count). The van der Waals surface area contributed by atoms with Gasteiger partial charge in [0.05, 0.1) is 19.8 Å². The number of terminal acetylenes is 1. The van der Waals surface area contributed by atoms with E-state index in [9.17, 15) is 5.11 Å². The third-order valence-electron chi connectivity index (χ3n) is 4.36. The molecule has 0 aromatic heterocycles. The molecule has 0 spiro atoms. The van der Waals surface area contributed by atoms with Crippen LogP contribution in [0.25, 0.3) is 0 Å². The molecule has 0 radical (unpaired) electrons. The molecule has 6 heteroatoms. The Balaban J connectivity index is 1.62. The van der Waals surface area contributed by atoms with E-state index in [1.54, 1.807) is 21.0 Å². The smallest absolute Gasteiger partial charge is 0.190 e. The Hall–Kier alpha value is -1.62. The molecule has 2 saturated heterocycles. The minimum Gasteiger partial charge on any atom is -0.497 e. The summed E-state index contributed by atoms with van der Waals surface area (Å²) in [5, 5.41) is 10.6. The van der Waals surface area contributed by atoms with Crippen LogP contribution in [0.1, 0.15) is 25.8 Å². The highest BCUT2D eigenvalue weighted by molar-refractivity contribution is 5.26. The summed E-state index contributed by atoms with van der Waals surface area (Å²) < 4.78 is 28.3. The zero-order valence-corrected chi connectivity index (χ0v) is 14.7. The largest absolute Gasteiger partial charge is 0.497 e. The minimum atomic E-state index is -0.860. The standard InChI is InChI=1S/C19H24O6/c1-5-6-14(22-11-12-7-9-13(21-4)10-8-12)16-15(20)17-18(23-16)25-19(2,3)24-17/h1,7-10,14-18,20H,6,11H2,2-4H3/t14-,15+,16-,17-,18-/m1/s1. The summed E-state index contributed by atoms with van der Waals surface area (Å²) >= 11 is 0. The maximum absolute atomic E-state index is 10.6. The second kappa shape index (κ2) is 7.32. The Bertz CT molecular complexity index is 620. The molecular formula is C19H24O6. The first-order valence-corrected chi connectivity index (χ1v) is 8.30. The zero-order valence-electron chi connectivity index (χ0n) is 14.7. The molecule has 6 nitrogen and oxygen atoms in total. The van der Waals surface area contributed by atoms with Gasteiger partial charge in [0, 0.05) is 6.42 Å². The summed E-state index contributed by atoms with van der Waals surface area (Å²) in [4.78, 5) is 0. The summed E-state index contributed by atoms with van der Waals surface area (Å²) in [6.45, 7) is 3.93. The van der Waals surface area contributed by atoms with E-state index in [4.69, 9.17) is 30.1 Å². The van der Waals surface area contributed by atoms with Crippen molar-refractivity contribution in [3.63, 3.8) is 0 Å². The topological polar surface area (TPSA) is 66.4 Å². The van der Waals surface area contributed by atoms with E-state index in [1.807, 2.05) is 24.3 Å². The van der Waals surface area contributed by atoms with Crippen molar-refractivity contribution < 1.29 is 28.8 Å². The normalized spacial score (nSPS) is 31.3. The molecule has 0 aliphatic carbocycles. The van der Waals surface area contributed by atoms with Gasteiger partial charge in [0.25, 0.3) is 0 Å². The Morgan fingerprint density at radius 2 is 2.00 bits per heavy atom. The van der Waals surface area contributed by atoms with Crippen molar-refractivity contribution in [3.05, 3.63) is 29.8 Å². The monoisotopic (exact) mass is 348 g/mol. The van der Waals surface area contributed by atoms with Crippen molar-refractivity contribution in [2.45, 2.75) is 63.4 Å². The number of methoxy groups -OCH3 is 1. The lowest BCUT2D eigenvalue weighted by Gasteiger charge is -2.28. The molecule has 0 unspecified atom stereocenters. The van der Waals surface area contributed by atoms with Crippen LogP contribution in [0.15, 0.2) is 24.3 Å². The lowest BCUT2D eigenvalue weighted by atomic mass is 10.0. The average molecular weight is 348 g/mol. The second-order valence-electron chi connectivity index (χ2n) is 6.67. The SMILES string of the molecule is C#CC[C@@H](OCc1ccc(OC)cc1)[C@H]1O[C@@H]2OC(C)(C)O[C@@H]2[C@H]1O. The van der Waals surface area contributed by atoms with E-state index >= 15 is 0 Å². The van der Waals surface area contributed by atoms with Crippen LogP contribution in [0.4, 0.5) is 0 Å². The number of aliphatic hydroxyl groups is 1. The summed E-state index contributed by atoms with van der Waals surface area (Å²) in [5.41, 5.74) is 0.976. The fourth-order valence-electron chi connectivity index (χ4n) is 3.13. The van der Waals surface area contributed by atoms with Gasteiger partial charge in [-0.3, -0.25) is 0 Å². The predicted molar refractivity (Wildman–Crippen MR) is 89.7 cm³/mol. The van der Waals surface area contributed by atoms with E-state index in [-0.39, 0.29) is 0 Å². The Morgan fingerprint density at radius 1 is 1.28 bits per heavy atom. The molecular weight excluding hydrogens is 324 g/mol. The molecule has 0 amide bonds. The van der Waals surface area contributed by atoms with E-state index in [0.717, 1.165) is 11.3 Å². The van der Waals surface area contributed by atoms with E-state index in [0.29, 0.717) is 13.0 Å². The fourth-order valence-corrected chi connectivity index (χ4v) is 3.13. The summed E-state index contributed by atoms with van der Waals surface area (Å²) in [6.07, 6.45) is 2.72. The van der Waals surface area contributed by atoms with Gasteiger partial charge in [0.15, 0.2) is 12.1 Å². The zero-order chi connectivity index (χ0) is 18.0. The molecule has 0 saturated carbocycles. The molecule has 2 aliphatic rings. The number of hydrogen-bond acceptors (Lipinski definition) is 6. The van der Waals surface area contributed by atoms with Gasteiger partial charge >= 0.3 is 0 Å². The Kier molecular flexibility index (Phi) is 5.32. The predicted octanol–water partition coefficient (Wildman–Crippen LogP) is 1.84. The van der Waals surface area contributed by atoms with Crippen LogP contribution in [0.3, 0.4) is 0 Å². The summed E-state index contributed by atoms with van der Waals surface area (Å²) in [6, 6.07) is 7.57. The van der Waals surface area contributed by atoms with Crippen molar-refractivity contribution in [2.24, 2.45) is 0 Å². The molecule has 1 aromatic rings. The lowest BCUT2D eigenvalue weighted by Crippen LogP contribution is -2.41. The Morgan fingerprint density at radius 3 is 2.60 bits per heavy atom. The van der Waals surface area contributed by atoms with Crippen LogP contribution in [-0.2, 0) is 25.6 Å². The van der Waals surface area contributed by atoms with Gasteiger partial charge in [0.2, 0.25) is 0 Å². The quantitative estimate of drug-likeness (QED) is 0.792. The van der Waals surface area contributed by atoms with E-state index in [1.165, 1.54) is 0 Å². The van der Waals surface area contributed by atoms with Gasteiger partial charge in [-0.15, -0.1) is 12.3 Å². The number of hydrogen-bond donors (Lipinski definition) is 1. The second-order valence-corrected chi connectivity index (χ2v) is 6.67. The maximum Gasteiger partial charge on any atom is 0.190 e. The first-order chi connectivity index (χ1) is 11.9. The molecule has 2 fully saturated rings. The van der Waals surface area contributed by atoms with Gasteiger partial charge in [-0.1, -0.05) is 12.1 Å². The third-order valence-corrected chi connectivity index (χ3v) is 4.36. The number of benzene rings is 1. The van der Waals surface area contributed by atoms with E-state index in [2.05, 4.69) is 5.92 Å². The van der Waals surface area contributed by atoms with Gasteiger partial charge in [-0.25, -0.2) is 0 Å². The average Bonchev–Trinajstić information content (AvgIpc) is 3.05. The van der Waals surface area contributed by atoms with Crippen molar-refractivity contribution in [1.82, 2.24) is 0 Å². The van der Waals surface area contributed by atoms with E-state index < -0.39 is 36.5 Å². The van der Waals surface area contributed by atoms with Crippen molar-refractivity contribution in [3.8, 4) is 18.1 Å². The molecule has 136 valence electrons. The minimum absolute atomic E-state index is 0.320. The summed E-state index contributed by atoms with van der Waals surface area (Å²) in [5.74, 6) is 2.59. The van der Waals surface area contributed by atoms with Crippen LogP contribution < -0.4 is 4.74 Å². The van der Waals surface area contributed by atoms with Crippen LogP contribution in [0.2, 0.25) is 0 Å². The Labute approximate surface area is 148 Å². The van der Waals surface area contributed by atoms with Crippen LogP contribution in [-0.4, -0.2) is 48.7 Å². The lowest BCUT2D eigenvalue weighted by molar-refractivity contribution is -0.229. The molecule has 1 N–H and O–H groups in total. The highest BCUT2D eigenvalue weighted by atomic mass is 16.8. The molecule has 0 bridgehead atoms. The highest BCUT2D eigenvalue weighted by Crippen LogP contribution is 2.39.